The van der Waals surface area contributed by atoms with Gasteiger partial charge in [0.25, 0.3) is 0 Å². The Morgan fingerprint density at radius 1 is 1.64 bits per heavy atom. The predicted molar refractivity (Wildman–Crippen MR) is 50.2 cm³/mol. The Morgan fingerprint density at radius 3 is 2.93 bits per heavy atom. The van der Waals surface area contributed by atoms with E-state index in [4.69, 9.17) is 14.3 Å². The molecule has 0 unspecified atom stereocenters. The molecule has 0 fully saturated rings. The van der Waals surface area contributed by atoms with Crippen molar-refractivity contribution in [2.45, 2.75) is 20.5 Å². The van der Waals surface area contributed by atoms with E-state index in [0.29, 0.717) is 18.3 Å². The SMILES string of the molecule is CC(C)COCc1occc1C(=O)O. The summed E-state index contributed by atoms with van der Waals surface area (Å²) in [6.45, 7) is 4.87. The number of carbonyl (C=O) groups is 1. The summed E-state index contributed by atoms with van der Waals surface area (Å²) in [6, 6.07) is 1.43. The number of furan rings is 1. The first kappa shape index (κ1) is 10.8. The smallest absolute Gasteiger partial charge is 0.339 e. The van der Waals surface area contributed by atoms with Crippen LogP contribution in [0.3, 0.4) is 0 Å². The molecule has 14 heavy (non-hydrogen) atoms. The van der Waals surface area contributed by atoms with E-state index in [9.17, 15) is 4.79 Å². The summed E-state index contributed by atoms with van der Waals surface area (Å²) in [4.78, 5) is 10.7. The second kappa shape index (κ2) is 4.81. The van der Waals surface area contributed by atoms with E-state index in [1.165, 1.54) is 12.3 Å². The van der Waals surface area contributed by atoms with Crippen molar-refractivity contribution in [1.82, 2.24) is 0 Å². The zero-order chi connectivity index (χ0) is 10.6. The Balaban J connectivity index is 2.50. The highest BCUT2D eigenvalue weighted by Gasteiger charge is 2.12. The van der Waals surface area contributed by atoms with Crippen molar-refractivity contribution in [1.29, 1.82) is 0 Å². The molecule has 78 valence electrons. The second-order valence-electron chi connectivity index (χ2n) is 3.47. The maximum Gasteiger partial charge on any atom is 0.339 e. The molecule has 0 saturated carbocycles. The summed E-state index contributed by atoms with van der Waals surface area (Å²) in [5.74, 6) is -0.182. The fourth-order valence-corrected chi connectivity index (χ4v) is 1.03. The van der Waals surface area contributed by atoms with Gasteiger partial charge in [-0.2, -0.15) is 0 Å². The van der Waals surface area contributed by atoms with Gasteiger partial charge in [0.05, 0.1) is 6.26 Å². The van der Waals surface area contributed by atoms with Gasteiger partial charge in [-0.05, 0) is 12.0 Å². The standard InChI is InChI=1S/C10H14O4/c1-7(2)5-13-6-9-8(10(11)12)3-4-14-9/h3-4,7H,5-6H2,1-2H3,(H,11,12). The maximum atomic E-state index is 10.7. The Bertz CT molecular complexity index is 301. The molecule has 0 radical (unpaired) electrons. The third kappa shape index (κ3) is 2.88. The van der Waals surface area contributed by atoms with Gasteiger partial charge >= 0.3 is 5.97 Å². The monoisotopic (exact) mass is 198 g/mol. The zero-order valence-corrected chi connectivity index (χ0v) is 8.32. The van der Waals surface area contributed by atoms with Crippen LogP contribution in [0.25, 0.3) is 0 Å². The lowest BCUT2D eigenvalue weighted by Gasteiger charge is -2.05. The van der Waals surface area contributed by atoms with Gasteiger partial charge in [-0.1, -0.05) is 13.8 Å². The second-order valence-corrected chi connectivity index (χ2v) is 3.47. The molecule has 0 amide bonds. The molecule has 0 bridgehead atoms. The largest absolute Gasteiger partial charge is 0.478 e. The summed E-state index contributed by atoms with van der Waals surface area (Å²) in [5, 5.41) is 8.75. The number of carboxylic acid groups (broad SMARTS) is 1. The molecule has 1 rings (SSSR count). The third-order valence-electron chi connectivity index (χ3n) is 1.66. The van der Waals surface area contributed by atoms with E-state index in [-0.39, 0.29) is 12.2 Å². The lowest BCUT2D eigenvalue weighted by atomic mass is 10.2. The molecular weight excluding hydrogens is 184 g/mol. The zero-order valence-electron chi connectivity index (χ0n) is 8.32. The van der Waals surface area contributed by atoms with Crippen LogP contribution >= 0.6 is 0 Å². The lowest BCUT2D eigenvalue weighted by molar-refractivity contribution is 0.0664. The van der Waals surface area contributed by atoms with Gasteiger partial charge in [-0.15, -0.1) is 0 Å². The summed E-state index contributed by atoms with van der Waals surface area (Å²) < 4.78 is 10.3. The van der Waals surface area contributed by atoms with Gasteiger partial charge in [0.2, 0.25) is 0 Å². The molecule has 1 aromatic rings. The molecule has 1 aromatic heterocycles. The van der Waals surface area contributed by atoms with Crippen LogP contribution in [0.15, 0.2) is 16.7 Å². The van der Waals surface area contributed by atoms with Crippen LogP contribution in [0.5, 0.6) is 0 Å². The van der Waals surface area contributed by atoms with Gasteiger partial charge in [-0.25, -0.2) is 4.79 Å². The van der Waals surface area contributed by atoms with Crippen LogP contribution in [0, 0.1) is 5.92 Å². The highest BCUT2D eigenvalue weighted by molar-refractivity contribution is 5.88. The molecule has 0 aromatic carbocycles. The molecule has 0 aliphatic carbocycles. The van der Waals surface area contributed by atoms with Crippen molar-refractivity contribution in [3.05, 3.63) is 23.7 Å². The van der Waals surface area contributed by atoms with E-state index in [1.807, 2.05) is 13.8 Å². The van der Waals surface area contributed by atoms with Crippen molar-refractivity contribution in [2.75, 3.05) is 6.61 Å². The first-order chi connectivity index (χ1) is 6.61. The molecule has 1 heterocycles. The third-order valence-corrected chi connectivity index (χ3v) is 1.66. The van der Waals surface area contributed by atoms with Crippen LogP contribution in [0.4, 0.5) is 0 Å². The highest BCUT2D eigenvalue weighted by Crippen LogP contribution is 2.12. The van der Waals surface area contributed by atoms with Crippen molar-refractivity contribution >= 4 is 5.97 Å². The number of hydrogen-bond donors (Lipinski definition) is 1. The molecule has 0 saturated heterocycles. The van der Waals surface area contributed by atoms with E-state index in [0.717, 1.165) is 0 Å². The van der Waals surface area contributed by atoms with Gasteiger partial charge in [0.15, 0.2) is 0 Å². The Kier molecular flexibility index (Phi) is 3.71. The average molecular weight is 198 g/mol. The fraction of sp³-hybridized carbons (Fsp3) is 0.500. The van der Waals surface area contributed by atoms with Crippen molar-refractivity contribution in [3.63, 3.8) is 0 Å². The topological polar surface area (TPSA) is 59.7 Å². The van der Waals surface area contributed by atoms with Crippen LogP contribution < -0.4 is 0 Å². The Hall–Kier alpha value is -1.29. The van der Waals surface area contributed by atoms with Crippen molar-refractivity contribution in [2.24, 2.45) is 5.92 Å². The van der Waals surface area contributed by atoms with Crippen molar-refractivity contribution in [3.8, 4) is 0 Å². The van der Waals surface area contributed by atoms with Crippen LogP contribution in [0.1, 0.15) is 30.0 Å². The number of aromatic carboxylic acids is 1. The lowest BCUT2D eigenvalue weighted by Crippen LogP contribution is -2.04. The predicted octanol–water partition coefficient (Wildman–Crippen LogP) is 2.15. The summed E-state index contributed by atoms with van der Waals surface area (Å²) in [6.07, 6.45) is 1.36. The summed E-state index contributed by atoms with van der Waals surface area (Å²) >= 11 is 0. The molecule has 4 nitrogen and oxygen atoms in total. The molecule has 1 N–H and O–H groups in total. The van der Waals surface area contributed by atoms with E-state index in [1.54, 1.807) is 0 Å². The number of rotatable bonds is 5. The highest BCUT2D eigenvalue weighted by atomic mass is 16.5. The van der Waals surface area contributed by atoms with Gasteiger partial charge in [-0.3, -0.25) is 0 Å². The maximum absolute atomic E-state index is 10.7. The number of hydrogen-bond acceptors (Lipinski definition) is 3. The summed E-state index contributed by atoms with van der Waals surface area (Å²) in [7, 11) is 0. The fourth-order valence-electron chi connectivity index (χ4n) is 1.03. The van der Waals surface area contributed by atoms with Gasteiger partial charge in [0.1, 0.15) is 17.9 Å². The molecule has 4 heteroatoms. The van der Waals surface area contributed by atoms with E-state index in [2.05, 4.69) is 0 Å². The minimum Gasteiger partial charge on any atom is -0.478 e. The minimum absolute atomic E-state index is 0.175. The van der Waals surface area contributed by atoms with Crippen LogP contribution in [0.2, 0.25) is 0 Å². The Labute approximate surface area is 82.5 Å². The summed E-state index contributed by atoms with van der Waals surface area (Å²) in [5.41, 5.74) is 0.175. The molecule has 0 atom stereocenters. The molecule has 0 aliphatic heterocycles. The minimum atomic E-state index is -0.984. The van der Waals surface area contributed by atoms with E-state index < -0.39 is 5.97 Å². The molecule has 0 spiro atoms. The Morgan fingerprint density at radius 2 is 2.36 bits per heavy atom. The molecule has 0 aliphatic rings. The van der Waals surface area contributed by atoms with Gasteiger partial charge in [0, 0.05) is 6.61 Å². The number of ether oxygens (including phenoxy) is 1. The van der Waals surface area contributed by atoms with E-state index >= 15 is 0 Å². The molecular formula is C10H14O4. The quantitative estimate of drug-likeness (QED) is 0.787. The normalized spacial score (nSPS) is 10.8. The first-order valence-corrected chi connectivity index (χ1v) is 4.48. The van der Waals surface area contributed by atoms with Crippen molar-refractivity contribution < 1.29 is 19.1 Å². The van der Waals surface area contributed by atoms with Crippen LogP contribution in [-0.4, -0.2) is 17.7 Å². The first-order valence-electron chi connectivity index (χ1n) is 4.48. The van der Waals surface area contributed by atoms with Gasteiger partial charge < -0.3 is 14.3 Å². The average Bonchev–Trinajstić information content (AvgIpc) is 2.51. The number of carboxylic acids is 1. The van der Waals surface area contributed by atoms with Crippen LogP contribution in [-0.2, 0) is 11.3 Å².